The minimum Gasteiger partial charge on any atom is -0.504 e. The van der Waals surface area contributed by atoms with Crippen LogP contribution in [0.3, 0.4) is 0 Å². The summed E-state index contributed by atoms with van der Waals surface area (Å²) < 4.78 is 85.9. The van der Waals surface area contributed by atoms with Gasteiger partial charge in [-0.05, 0) is 66.8 Å². The van der Waals surface area contributed by atoms with Crippen LogP contribution in [0, 0.1) is 11.3 Å². The molecule has 0 saturated carbocycles. The summed E-state index contributed by atoms with van der Waals surface area (Å²) in [7, 11) is 1.34. The molecule has 3 rings (SSSR count). The van der Waals surface area contributed by atoms with Gasteiger partial charge in [0.25, 0.3) is 0 Å². The van der Waals surface area contributed by atoms with Gasteiger partial charge in [-0.25, -0.2) is 0 Å². The Morgan fingerprint density at radius 1 is 1.03 bits per heavy atom. The van der Waals surface area contributed by atoms with E-state index in [9.17, 15) is 36.2 Å². The third-order valence-corrected chi connectivity index (χ3v) is 6.42. The number of ether oxygens (including phenoxy) is 1. The number of hydrogen-bond acceptors (Lipinski definition) is 4. The van der Waals surface area contributed by atoms with Crippen LogP contribution in [-0.2, 0) is 30.2 Å². The summed E-state index contributed by atoms with van der Waals surface area (Å²) in [6, 6.07) is 5.72. The van der Waals surface area contributed by atoms with Crippen molar-refractivity contribution in [1.29, 1.82) is 0 Å². The van der Waals surface area contributed by atoms with Gasteiger partial charge in [-0.3, -0.25) is 4.79 Å². The van der Waals surface area contributed by atoms with Crippen LogP contribution in [0.15, 0.2) is 36.4 Å². The number of rotatable bonds is 8. The molecule has 0 radical (unpaired) electrons. The standard InChI is InChI=1S/C26H30F6N2O3/c1-16(2)12-24(6-7-33-15-24)23(36)34(13-17-4-5-21(35)22(10-17)37-3)14-18-8-19(25(27,28)29)11-20(9-18)26(30,31)32/h4-5,8-11,16,33,35H,6-7,12-15H2,1-3H3. The maximum atomic E-state index is 14.0. The first kappa shape index (κ1) is 28.6. The molecule has 1 atom stereocenters. The molecule has 0 aliphatic carbocycles. The van der Waals surface area contributed by atoms with E-state index in [4.69, 9.17) is 4.74 Å². The molecule has 0 spiro atoms. The molecule has 2 aromatic carbocycles. The Bertz CT molecular complexity index is 1080. The van der Waals surface area contributed by atoms with Crippen molar-refractivity contribution in [3.8, 4) is 11.5 Å². The van der Waals surface area contributed by atoms with Gasteiger partial charge >= 0.3 is 12.4 Å². The molecule has 1 amide bonds. The van der Waals surface area contributed by atoms with E-state index in [2.05, 4.69) is 5.32 Å². The fourth-order valence-electron chi connectivity index (χ4n) is 4.88. The average Bonchev–Trinajstić information content (AvgIpc) is 3.26. The topological polar surface area (TPSA) is 61.8 Å². The minimum absolute atomic E-state index is 0.0711. The number of hydrogen-bond donors (Lipinski definition) is 2. The molecule has 5 nitrogen and oxygen atoms in total. The summed E-state index contributed by atoms with van der Waals surface area (Å²) in [5.74, 6) is -0.245. The zero-order chi connectivity index (χ0) is 27.6. The van der Waals surface area contributed by atoms with Crippen molar-refractivity contribution in [2.24, 2.45) is 11.3 Å². The fourth-order valence-corrected chi connectivity index (χ4v) is 4.88. The number of nitrogens with zero attached hydrogens (tertiary/aromatic N) is 1. The van der Waals surface area contributed by atoms with Crippen LogP contribution in [0.5, 0.6) is 11.5 Å². The maximum Gasteiger partial charge on any atom is 0.416 e. The van der Waals surface area contributed by atoms with Crippen molar-refractivity contribution in [2.75, 3.05) is 20.2 Å². The van der Waals surface area contributed by atoms with Gasteiger partial charge in [0, 0.05) is 19.6 Å². The lowest BCUT2D eigenvalue weighted by Gasteiger charge is -2.35. The number of alkyl halides is 6. The Morgan fingerprint density at radius 3 is 2.11 bits per heavy atom. The van der Waals surface area contributed by atoms with Crippen molar-refractivity contribution in [2.45, 2.75) is 52.1 Å². The smallest absolute Gasteiger partial charge is 0.416 e. The number of amides is 1. The Balaban J connectivity index is 2.07. The van der Waals surface area contributed by atoms with E-state index in [0.29, 0.717) is 43.6 Å². The molecule has 2 N–H and O–H groups in total. The lowest BCUT2D eigenvalue weighted by atomic mass is 9.78. The van der Waals surface area contributed by atoms with E-state index in [1.54, 1.807) is 0 Å². The molecule has 1 fully saturated rings. The molecule has 1 aliphatic rings. The number of carbonyl (C=O) groups excluding carboxylic acids is 1. The first-order valence-electron chi connectivity index (χ1n) is 11.8. The van der Waals surface area contributed by atoms with Gasteiger partial charge < -0.3 is 20.1 Å². The predicted octanol–water partition coefficient (Wildman–Crippen LogP) is 5.99. The largest absolute Gasteiger partial charge is 0.504 e. The van der Waals surface area contributed by atoms with E-state index in [-0.39, 0.29) is 41.5 Å². The Morgan fingerprint density at radius 2 is 1.62 bits per heavy atom. The van der Waals surface area contributed by atoms with Crippen molar-refractivity contribution in [1.82, 2.24) is 10.2 Å². The van der Waals surface area contributed by atoms with E-state index >= 15 is 0 Å². The first-order chi connectivity index (χ1) is 17.1. The van der Waals surface area contributed by atoms with E-state index in [1.165, 1.54) is 30.2 Å². The van der Waals surface area contributed by atoms with E-state index < -0.39 is 35.4 Å². The summed E-state index contributed by atoms with van der Waals surface area (Å²) in [5.41, 5.74) is -3.50. The molecule has 11 heteroatoms. The quantitative estimate of drug-likeness (QED) is 0.410. The molecule has 0 aromatic heterocycles. The molecule has 2 aromatic rings. The van der Waals surface area contributed by atoms with E-state index in [1.807, 2.05) is 13.8 Å². The van der Waals surface area contributed by atoms with Crippen molar-refractivity contribution in [3.05, 3.63) is 58.7 Å². The second kappa shape index (κ2) is 10.8. The number of benzene rings is 2. The van der Waals surface area contributed by atoms with Crippen molar-refractivity contribution >= 4 is 5.91 Å². The van der Waals surface area contributed by atoms with Gasteiger partial charge in [0.2, 0.25) is 5.91 Å². The first-order valence-corrected chi connectivity index (χ1v) is 11.8. The average molecular weight is 533 g/mol. The van der Waals surface area contributed by atoms with Crippen molar-refractivity contribution < 1.29 is 41.0 Å². The summed E-state index contributed by atoms with van der Waals surface area (Å²) >= 11 is 0. The monoisotopic (exact) mass is 532 g/mol. The molecule has 37 heavy (non-hydrogen) atoms. The Kier molecular flexibility index (Phi) is 8.36. The zero-order valence-corrected chi connectivity index (χ0v) is 20.8. The second-order valence-corrected chi connectivity index (χ2v) is 9.89. The van der Waals surface area contributed by atoms with Crippen LogP contribution in [-0.4, -0.2) is 36.1 Å². The Hall–Kier alpha value is -2.95. The second-order valence-electron chi connectivity index (χ2n) is 9.89. The number of nitrogens with one attached hydrogen (secondary N) is 1. The van der Waals surface area contributed by atoms with Crippen LogP contribution in [0.4, 0.5) is 26.3 Å². The molecule has 204 valence electrons. The number of halogens is 6. The molecule has 1 heterocycles. The Labute approximate surface area is 211 Å². The molecule has 1 unspecified atom stereocenters. The maximum absolute atomic E-state index is 14.0. The van der Waals surface area contributed by atoms with E-state index in [0.717, 1.165) is 0 Å². The van der Waals surface area contributed by atoms with Gasteiger partial charge in [-0.2, -0.15) is 26.3 Å². The molecule has 1 aliphatic heterocycles. The number of aromatic hydroxyl groups is 1. The third kappa shape index (κ3) is 6.88. The molecule has 1 saturated heterocycles. The van der Waals surface area contributed by atoms with Crippen LogP contribution >= 0.6 is 0 Å². The van der Waals surface area contributed by atoms with Crippen LogP contribution < -0.4 is 10.1 Å². The highest BCUT2D eigenvalue weighted by molar-refractivity contribution is 5.83. The lowest BCUT2D eigenvalue weighted by molar-refractivity contribution is -0.143. The van der Waals surface area contributed by atoms with Crippen LogP contribution in [0.1, 0.15) is 48.9 Å². The highest BCUT2D eigenvalue weighted by Gasteiger charge is 2.44. The minimum atomic E-state index is -5.00. The summed E-state index contributed by atoms with van der Waals surface area (Å²) in [6.45, 7) is 4.26. The fraction of sp³-hybridized carbons (Fsp3) is 0.500. The van der Waals surface area contributed by atoms with Gasteiger partial charge in [0.15, 0.2) is 11.5 Å². The SMILES string of the molecule is COc1cc(CN(Cc2cc(C(F)(F)F)cc(C(F)(F)F)c2)C(=O)C2(CC(C)C)CCNC2)ccc1O. The predicted molar refractivity (Wildman–Crippen MR) is 125 cm³/mol. The highest BCUT2D eigenvalue weighted by atomic mass is 19.4. The van der Waals surface area contributed by atoms with Crippen LogP contribution in [0.2, 0.25) is 0 Å². The van der Waals surface area contributed by atoms with Gasteiger partial charge in [0.05, 0.1) is 23.7 Å². The number of carbonyl (C=O) groups is 1. The number of phenols is 1. The molecular weight excluding hydrogens is 502 g/mol. The summed E-state index contributed by atoms with van der Waals surface area (Å²) in [6.07, 6.45) is -8.99. The molecular formula is C26H30F6N2O3. The highest BCUT2D eigenvalue weighted by Crippen LogP contribution is 2.39. The third-order valence-electron chi connectivity index (χ3n) is 6.42. The summed E-state index contributed by atoms with van der Waals surface area (Å²) in [5, 5.41) is 13.1. The molecule has 0 bridgehead atoms. The lowest BCUT2D eigenvalue weighted by Crippen LogP contribution is -2.45. The zero-order valence-electron chi connectivity index (χ0n) is 20.8. The summed E-state index contributed by atoms with van der Waals surface area (Å²) in [4.78, 5) is 15.2. The van der Waals surface area contributed by atoms with Gasteiger partial charge in [-0.1, -0.05) is 19.9 Å². The van der Waals surface area contributed by atoms with Crippen LogP contribution in [0.25, 0.3) is 0 Å². The normalized spacial score (nSPS) is 18.3. The number of phenolic OH excluding ortho intramolecular Hbond substituents is 1. The van der Waals surface area contributed by atoms with Crippen molar-refractivity contribution in [3.63, 3.8) is 0 Å². The van der Waals surface area contributed by atoms with Gasteiger partial charge in [-0.15, -0.1) is 0 Å². The number of methoxy groups -OCH3 is 1. The van der Waals surface area contributed by atoms with Gasteiger partial charge in [0.1, 0.15) is 0 Å².